The van der Waals surface area contributed by atoms with Crippen molar-refractivity contribution >= 4 is 17.4 Å². The van der Waals surface area contributed by atoms with Crippen LogP contribution in [0, 0.1) is 13.8 Å². The van der Waals surface area contributed by atoms with E-state index in [9.17, 15) is 0 Å². The van der Waals surface area contributed by atoms with E-state index in [1.54, 1.807) is 0 Å². The lowest BCUT2D eigenvalue weighted by molar-refractivity contribution is 0.246. The second-order valence-electron chi connectivity index (χ2n) is 5.02. The third kappa shape index (κ3) is 2.43. The van der Waals surface area contributed by atoms with Gasteiger partial charge in [-0.2, -0.15) is 0 Å². The molecule has 104 valence electrons. The first kappa shape index (κ1) is 13.2. The van der Waals surface area contributed by atoms with Gasteiger partial charge in [-0.1, -0.05) is 29.8 Å². The minimum atomic E-state index is 0.129. The molecule has 0 saturated carbocycles. The van der Waals surface area contributed by atoms with Gasteiger partial charge in [0, 0.05) is 6.42 Å². The summed E-state index contributed by atoms with van der Waals surface area (Å²) in [5, 5.41) is 11.8. The van der Waals surface area contributed by atoms with E-state index in [2.05, 4.69) is 21.6 Å². The van der Waals surface area contributed by atoms with Crippen molar-refractivity contribution in [2.75, 3.05) is 11.9 Å². The Hall–Kier alpha value is -1.81. The van der Waals surface area contributed by atoms with Gasteiger partial charge >= 0.3 is 0 Å². The van der Waals surface area contributed by atoms with Gasteiger partial charge in [-0.25, -0.2) is 0 Å². The molecule has 2 heterocycles. The fourth-order valence-corrected chi connectivity index (χ4v) is 2.50. The van der Waals surface area contributed by atoms with Crippen molar-refractivity contribution in [3.8, 4) is 5.75 Å². The van der Waals surface area contributed by atoms with Crippen LogP contribution in [0.1, 0.15) is 16.7 Å². The lowest BCUT2D eigenvalue weighted by atomic mass is 10.1. The highest BCUT2D eigenvalue weighted by atomic mass is 35.5. The van der Waals surface area contributed by atoms with Gasteiger partial charge in [0.1, 0.15) is 11.9 Å². The first-order chi connectivity index (χ1) is 9.65. The van der Waals surface area contributed by atoms with E-state index in [-0.39, 0.29) is 6.10 Å². The van der Waals surface area contributed by atoms with Crippen molar-refractivity contribution in [1.29, 1.82) is 0 Å². The minimum absolute atomic E-state index is 0.129. The highest BCUT2D eigenvalue weighted by Gasteiger charge is 2.22. The summed E-state index contributed by atoms with van der Waals surface area (Å²) in [6, 6.07) is 8.14. The van der Waals surface area contributed by atoms with Crippen LogP contribution in [0.3, 0.4) is 0 Å². The summed E-state index contributed by atoms with van der Waals surface area (Å²) in [4.78, 5) is 0. The van der Waals surface area contributed by atoms with E-state index >= 15 is 0 Å². The number of benzene rings is 1. The number of rotatable bonds is 3. The number of halogens is 1. The van der Waals surface area contributed by atoms with Gasteiger partial charge < -0.3 is 10.1 Å². The van der Waals surface area contributed by atoms with Gasteiger partial charge in [0.2, 0.25) is 0 Å². The van der Waals surface area contributed by atoms with E-state index in [4.69, 9.17) is 16.3 Å². The number of hydrogen-bond donors (Lipinski definition) is 1. The molecule has 1 atom stereocenters. The summed E-state index contributed by atoms with van der Waals surface area (Å²) in [6.45, 7) is 4.63. The van der Waals surface area contributed by atoms with Gasteiger partial charge in [0.15, 0.2) is 11.0 Å². The molecule has 4 nitrogen and oxygen atoms in total. The molecule has 20 heavy (non-hydrogen) atoms. The summed E-state index contributed by atoms with van der Waals surface area (Å²) < 4.78 is 5.89. The molecule has 1 aromatic heterocycles. The summed E-state index contributed by atoms with van der Waals surface area (Å²) in [5.41, 5.74) is 3.25. The molecule has 0 fully saturated rings. The van der Waals surface area contributed by atoms with Crippen LogP contribution in [0.5, 0.6) is 5.75 Å². The van der Waals surface area contributed by atoms with Crippen LogP contribution in [-0.4, -0.2) is 22.8 Å². The molecule has 0 amide bonds. The molecule has 1 aromatic carbocycles. The summed E-state index contributed by atoms with van der Waals surface area (Å²) in [6.07, 6.45) is 1.05. The van der Waals surface area contributed by atoms with Gasteiger partial charge in [-0.05, 0) is 36.6 Å². The Labute approximate surface area is 123 Å². The maximum absolute atomic E-state index is 5.95. The van der Waals surface area contributed by atoms with E-state index in [1.165, 1.54) is 5.56 Å². The summed E-state index contributed by atoms with van der Waals surface area (Å²) in [7, 11) is 0. The van der Waals surface area contributed by atoms with Crippen LogP contribution >= 0.6 is 11.6 Å². The third-order valence-corrected chi connectivity index (χ3v) is 4.04. The molecule has 0 radical (unpaired) electrons. The van der Waals surface area contributed by atoms with Gasteiger partial charge in [-0.3, -0.25) is 0 Å². The van der Waals surface area contributed by atoms with Crippen LogP contribution in [0.25, 0.3) is 0 Å². The Morgan fingerprint density at radius 1 is 1.25 bits per heavy atom. The molecule has 0 saturated heterocycles. The quantitative estimate of drug-likeness (QED) is 0.943. The standard InChI is InChI=1S/C15H16ClN3O/c1-9-10(2)15(19-18-14(9)16)17-8-12-7-11-5-3-4-6-13(11)20-12/h3-6,12H,7-8H2,1-2H3,(H,17,19). The maximum Gasteiger partial charge on any atom is 0.155 e. The maximum atomic E-state index is 5.95. The largest absolute Gasteiger partial charge is 0.488 e. The van der Waals surface area contributed by atoms with Gasteiger partial charge in [-0.15, -0.1) is 10.2 Å². The van der Waals surface area contributed by atoms with Crippen LogP contribution in [0.2, 0.25) is 5.15 Å². The van der Waals surface area contributed by atoms with Crippen molar-refractivity contribution in [1.82, 2.24) is 10.2 Å². The number of anilines is 1. The molecular formula is C15H16ClN3O. The zero-order chi connectivity index (χ0) is 14.1. The van der Waals surface area contributed by atoms with E-state index in [1.807, 2.05) is 32.0 Å². The Morgan fingerprint density at radius 2 is 2.05 bits per heavy atom. The Bertz CT molecular complexity index is 620. The van der Waals surface area contributed by atoms with Crippen LogP contribution < -0.4 is 10.1 Å². The average molecular weight is 290 g/mol. The second-order valence-corrected chi connectivity index (χ2v) is 5.38. The summed E-state index contributed by atoms with van der Waals surface area (Å²) >= 11 is 5.95. The van der Waals surface area contributed by atoms with Gasteiger partial charge in [0.25, 0.3) is 0 Å². The van der Waals surface area contributed by atoms with Crippen LogP contribution in [0.4, 0.5) is 5.82 Å². The fraction of sp³-hybridized carbons (Fsp3) is 0.333. The lowest BCUT2D eigenvalue weighted by Crippen LogP contribution is -2.25. The number of hydrogen-bond acceptors (Lipinski definition) is 4. The number of nitrogens with zero attached hydrogens (tertiary/aromatic N) is 2. The molecule has 0 aliphatic carbocycles. The molecule has 3 rings (SSSR count). The third-order valence-electron chi connectivity index (χ3n) is 3.68. The van der Waals surface area contributed by atoms with Crippen molar-refractivity contribution in [3.05, 3.63) is 46.1 Å². The Kier molecular flexibility index (Phi) is 3.49. The van der Waals surface area contributed by atoms with E-state index in [0.29, 0.717) is 11.7 Å². The Morgan fingerprint density at radius 3 is 2.85 bits per heavy atom. The number of para-hydroxylation sites is 1. The first-order valence-corrected chi connectivity index (χ1v) is 7.00. The van der Waals surface area contributed by atoms with E-state index in [0.717, 1.165) is 29.1 Å². The zero-order valence-electron chi connectivity index (χ0n) is 11.5. The van der Waals surface area contributed by atoms with Crippen molar-refractivity contribution in [2.24, 2.45) is 0 Å². The highest BCUT2D eigenvalue weighted by molar-refractivity contribution is 6.30. The molecule has 1 aliphatic rings. The van der Waals surface area contributed by atoms with E-state index < -0.39 is 0 Å². The van der Waals surface area contributed by atoms with Crippen molar-refractivity contribution < 1.29 is 4.74 Å². The zero-order valence-corrected chi connectivity index (χ0v) is 12.2. The van der Waals surface area contributed by atoms with Crippen molar-refractivity contribution in [2.45, 2.75) is 26.4 Å². The number of ether oxygens (including phenoxy) is 1. The number of aromatic nitrogens is 2. The molecule has 5 heteroatoms. The molecule has 0 spiro atoms. The first-order valence-electron chi connectivity index (χ1n) is 6.63. The lowest BCUT2D eigenvalue weighted by Gasteiger charge is -2.14. The summed E-state index contributed by atoms with van der Waals surface area (Å²) in [5.74, 6) is 1.75. The topological polar surface area (TPSA) is 47.0 Å². The smallest absolute Gasteiger partial charge is 0.155 e. The molecule has 0 bridgehead atoms. The predicted molar refractivity (Wildman–Crippen MR) is 79.6 cm³/mol. The second kappa shape index (κ2) is 5.29. The van der Waals surface area contributed by atoms with Crippen molar-refractivity contribution in [3.63, 3.8) is 0 Å². The number of nitrogens with one attached hydrogen (secondary N) is 1. The molecule has 1 aliphatic heterocycles. The molecular weight excluding hydrogens is 274 g/mol. The van der Waals surface area contributed by atoms with Crippen LogP contribution in [0.15, 0.2) is 24.3 Å². The normalized spacial score (nSPS) is 16.6. The molecule has 1 N–H and O–H groups in total. The average Bonchev–Trinajstić information content (AvgIpc) is 2.87. The highest BCUT2D eigenvalue weighted by Crippen LogP contribution is 2.28. The van der Waals surface area contributed by atoms with Gasteiger partial charge in [0.05, 0.1) is 6.54 Å². The van der Waals surface area contributed by atoms with Crippen LogP contribution in [-0.2, 0) is 6.42 Å². The molecule has 1 unspecified atom stereocenters. The number of fused-ring (bicyclic) bond motifs is 1. The predicted octanol–water partition coefficient (Wildman–Crippen LogP) is 3.16. The molecule has 2 aromatic rings. The minimum Gasteiger partial charge on any atom is -0.488 e. The SMILES string of the molecule is Cc1c(Cl)nnc(NCC2Cc3ccccc3O2)c1C. The fourth-order valence-electron chi connectivity index (χ4n) is 2.32. The Balaban J connectivity index is 1.66. The monoisotopic (exact) mass is 289 g/mol.